The van der Waals surface area contributed by atoms with Gasteiger partial charge in [0.1, 0.15) is 0 Å². The van der Waals surface area contributed by atoms with Crippen LogP contribution in [0.15, 0.2) is 58.6 Å². The molecule has 9 nitrogen and oxygen atoms in total. The zero-order chi connectivity index (χ0) is 21.9. The van der Waals surface area contributed by atoms with E-state index >= 15 is 0 Å². The summed E-state index contributed by atoms with van der Waals surface area (Å²) in [7, 11) is -0.706. The summed E-state index contributed by atoms with van der Waals surface area (Å²) in [6.45, 7) is 0. The Balaban J connectivity index is 1.65. The number of halogens is 1. The minimum Gasteiger partial charge on any atom is -0.335 e. The fraction of sp³-hybridized carbons (Fsp3) is 0.167. The summed E-state index contributed by atoms with van der Waals surface area (Å²) in [6.07, 6.45) is 0. The van der Waals surface area contributed by atoms with Crippen molar-refractivity contribution in [2.75, 3.05) is 31.0 Å². The number of carbonyl (C=O) groups is 1. The van der Waals surface area contributed by atoms with Gasteiger partial charge >= 0.3 is 0 Å². The molecule has 0 aliphatic carbocycles. The number of hydrogen-bond acceptors (Lipinski definition) is 7. The Hall–Kier alpha value is -2.60. The van der Waals surface area contributed by atoms with Gasteiger partial charge in [0.15, 0.2) is 5.82 Å². The predicted molar refractivity (Wildman–Crippen MR) is 117 cm³/mol. The van der Waals surface area contributed by atoms with Crippen molar-refractivity contribution in [3.63, 3.8) is 0 Å². The Morgan fingerprint density at radius 3 is 2.57 bits per heavy atom. The number of aromatic nitrogens is 3. The molecule has 0 saturated heterocycles. The second-order valence-electron chi connectivity index (χ2n) is 6.34. The van der Waals surface area contributed by atoms with Crippen LogP contribution in [-0.2, 0) is 14.8 Å². The molecule has 0 unspecified atom stereocenters. The molecule has 1 aromatic heterocycles. The highest BCUT2D eigenvalue weighted by molar-refractivity contribution is 7.99. The van der Waals surface area contributed by atoms with Crippen molar-refractivity contribution in [1.82, 2.24) is 19.2 Å². The van der Waals surface area contributed by atoms with Crippen molar-refractivity contribution in [3.8, 4) is 11.4 Å². The van der Waals surface area contributed by atoms with E-state index in [1.807, 2.05) is 0 Å². The molecule has 0 bridgehead atoms. The van der Waals surface area contributed by atoms with Gasteiger partial charge in [-0.3, -0.25) is 4.79 Å². The molecule has 3 N–H and O–H groups in total. The topological polar surface area (TPSA) is 123 Å². The van der Waals surface area contributed by atoms with E-state index in [1.165, 1.54) is 30.9 Å². The molecule has 0 spiro atoms. The highest BCUT2D eigenvalue weighted by Gasteiger charge is 2.18. The molecule has 1 amide bonds. The van der Waals surface area contributed by atoms with Gasteiger partial charge in [0.25, 0.3) is 0 Å². The molecular weight excluding hydrogens is 448 g/mol. The van der Waals surface area contributed by atoms with Gasteiger partial charge in [-0.25, -0.2) is 17.4 Å². The monoisotopic (exact) mass is 466 g/mol. The van der Waals surface area contributed by atoms with Crippen LogP contribution >= 0.6 is 23.4 Å². The largest absolute Gasteiger partial charge is 0.335 e. The van der Waals surface area contributed by atoms with Gasteiger partial charge < -0.3 is 11.2 Å². The molecule has 2 aromatic carbocycles. The van der Waals surface area contributed by atoms with Gasteiger partial charge in [-0.05, 0) is 42.5 Å². The van der Waals surface area contributed by atoms with Crippen LogP contribution in [0.2, 0.25) is 5.02 Å². The van der Waals surface area contributed by atoms with Crippen molar-refractivity contribution < 1.29 is 13.2 Å². The average molecular weight is 467 g/mol. The Kier molecular flexibility index (Phi) is 6.66. The molecule has 3 rings (SSSR count). The number of nitrogen functional groups attached to an aromatic ring is 1. The molecule has 0 radical (unpaired) electrons. The number of carbonyl (C=O) groups excluding carboxylic acids is 1. The maximum absolute atomic E-state index is 12.3. The van der Waals surface area contributed by atoms with E-state index in [0.29, 0.717) is 21.7 Å². The van der Waals surface area contributed by atoms with Gasteiger partial charge in [0.2, 0.25) is 21.1 Å². The van der Waals surface area contributed by atoms with Crippen LogP contribution in [-0.4, -0.2) is 53.4 Å². The number of nitrogens with zero attached hydrogens (tertiary/aromatic N) is 4. The summed E-state index contributed by atoms with van der Waals surface area (Å²) in [4.78, 5) is 12.4. The molecule has 12 heteroatoms. The molecule has 1 heterocycles. The maximum Gasteiger partial charge on any atom is 0.242 e. The molecule has 0 aliphatic heterocycles. The van der Waals surface area contributed by atoms with E-state index in [1.54, 1.807) is 36.4 Å². The average Bonchev–Trinajstić information content (AvgIpc) is 3.07. The number of nitrogens with two attached hydrogens (primary N) is 1. The van der Waals surface area contributed by atoms with Crippen molar-refractivity contribution >= 4 is 45.0 Å². The zero-order valence-electron chi connectivity index (χ0n) is 16.1. The summed E-state index contributed by atoms with van der Waals surface area (Å²) >= 11 is 6.99. The van der Waals surface area contributed by atoms with Crippen molar-refractivity contribution in [2.24, 2.45) is 0 Å². The van der Waals surface area contributed by atoms with Crippen LogP contribution in [0.5, 0.6) is 0 Å². The first-order valence-electron chi connectivity index (χ1n) is 8.60. The van der Waals surface area contributed by atoms with Gasteiger partial charge in [-0.2, -0.15) is 0 Å². The molecule has 158 valence electrons. The second kappa shape index (κ2) is 9.04. The van der Waals surface area contributed by atoms with Crippen LogP contribution in [0.4, 0.5) is 5.69 Å². The summed E-state index contributed by atoms with van der Waals surface area (Å²) in [5, 5.41) is 11.7. The number of anilines is 1. The third-order valence-corrected chi connectivity index (χ3v) is 7.00. The van der Waals surface area contributed by atoms with Gasteiger partial charge in [0, 0.05) is 30.4 Å². The predicted octanol–water partition coefficient (Wildman–Crippen LogP) is 2.29. The lowest BCUT2D eigenvalue weighted by Crippen LogP contribution is -2.22. The zero-order valence-corrected chi connectivity index (χ0v) is 18.5. The van der Waals surface area contributed by atoms with Crippen molar-refractivity contribution in [2.45, 2.75) is 10.1 Å². The quantitative estimate of drug-likeness (QED) is 0.404. The minimum atomic E-state index is -3.59. The molecular formula is C18H19ClN6O3S2. The van der Waals surface area contributed by atoms with Crippen molar-refractivity contribution in [3.05, 3.63) is 53.6 Å². The van der Waals surface area contributed by atoms with E-state index < -0.39 is 10.0 Å². The van der Waals surface area contributed by atoms with Crippen LogP contribution in [0.1, 0.15) is 0 Å². The standard InChI is InChI=1S/C18H19ClN6O3S2/c1-24(2)30(27,28)15-5-3-4-14(10-15)21-16(26)11-29-18-23-22-17(25(18)20)12-6-8-13(19)9-7-12/h3-10H,11,20H2,1-2H3,(H,21,26). The van der Waals surface area contributed by atoms with Gasteiger partial charge in [-0.1, -0.05) is 29.4 Å². The van der Waals surface area contributed by atoms with E-state index in [2.05, 4.69) is 15.5 Å². The lowest BCUT2D eigenvalue weighted by molar-refractivity contribution is -0.113. The van der Waals surface area contributed by atoms with E-state index in [-0.39, 0.29) is 16.6 Å². The number of sulfonamides is 1. The lowest BCUT2D eigenvalue weighted by atomic mass is 10.2. The summed E-state index contributed by atoms with van der Waals surface area (Å²) < 4.78 is 26.9. The molecule has 0 atom stereocenters. The molecule has 0 fully saturated rings. The first-order chi connectivity index (χ1) is 14.2. The van der Waals surface area contributed by atoms with Crippen LogP contribution in [0.3, 0.4) is 0 Å². The fourth-order valence-electron chi connectivity index (χ4n) is 2.44. The van der Waals surface area contributed by atoms with Crippen LogP contribution in [0.25, 0.3) is 11.4 Å². The van der Waals surface area contributed by atoms with E-state index in [4.69, 9.17) is 17.4 Å². The Labute approximate surface area is 183 Å². The number of benzene rings is 2. The minimum absolute atomic E-state index is 0.0145. The number of thioether (sulfide) groups is 1. The summed E-state index contributed by atoms with van der Waals surface area (Å²) in [6, 6.07) is 13.0. The lowest BCUT2D eigenvalue weighted by Gasteiger charge is -2.12. The smallest absolute Gasteiger partial charge is 0.242 e. The number of rotatable bonds is 7. The molecule has 3 aromatic rings. The van der Waals surface area contributed by atoms with E-state index in [0.717, 1.165) is 21.6 Å². The Morgan fingerprint density at radius 2 is 1.90 bits per heavy atom. The summed E-state index contributed by atoms with van der Waals surface area (Å²) in [5.74, 6) is 6.16. The summed E-state index contributed by atoms with van der Waals surface area (Å²) in [5.41, 5.74) is 1.12. The van der Waals surface area contributed by atoms with Crippen LogP contribution in [0, 0.1) is 0 Å². The van der Waals surface area contributed by atoms with Gasteiger partial charge in [-0.15, -0.1) is 10.2 Å². The Morgan fingerprint density at radius 1 is 1.20 bits per heavy atom. The highest BCUT2D eigenvalue weighted by atomic mass is 35.5. The fourth-order valence-corrected chi connectivity index (χ4v) is 4.17. The normalized spacial score (nSPS) is 11.6. The third kappa shape index (κ3) is 4.93. The second-order valence-corrected chi connectivity index (χ2v) is 9.87. The number of hydrogen-bond donors (Lipinski definition) is 2. The Bertz CT molecular complexity index is 1160. The first kappa shape index (κ1) is 22.1. The third-order valence-electron chi connectivity index (χ3n) is 4.00. The highest BCUT2D eigenvalue weighted by Crippen LogP contribution is 2.23. The van der Waals surface area contributed by atoms with E-state index in [9.17, 15) is 13.2 Å². The number of amides is 1. The number of nitrogens with one attached hydrogen (secondary N) is 1. The van der Waals surface area contributed by atoms with Gasteiger partial charge in [0.05, 0.1) is 10.6 Å². The maximum atomic E-state index is 12.3. The molecule has 30 heavy (non-hydrogen) atoms. The SMILES string of the molecule is CN(C)S(=O)(=O)c1cccc(NC(=O)CSc2nnc(-c3ccc(Cl)cc3)n2N)c1. The van der Waals surface area contributed by atoms with Crippen LogP contribution < -0.4 is 11.2 Å². The van der Waals surface area contributed by atoms with Crippen molar-refractivity contribution in [1.29, 1.82) is 0 Å². The molecule has 0 aliphatic rings. The first-order valence-corrected chi connectivity index (χ1v) is 11.4. The molecule has 0 saturated carbocycles.